The number of pyridine rings is 1. The van der Waals surface area contributed by atoms with Crippen molar-refractivity contribution in [3.05, 3.63) is 82.3 Å². The lowest BCUT2D eigenvalue weighted by molar-refractivity contribution is 0.0699. The normalized spacial score (nSPS) is 10.8. The number of anilines is 1. The number of amides is 1. The highest BCUT2D eigenvalue weighted by Crippen LogP contribution is 2.36. The monoisotopic (exact) mass is 408 g/mol. The van der Waals surface area contributed by atoms with Crippen molar-refractivity contribution in [3.8, 4) is 11.1 Å². The smallest absolute Gasteiger partial charge is 0.339 e. The molecule has 0 atom stereocenters. The van der Waals surface area contributed by atoms with Gasteiger partial charge in [-0.3, -0.25) is 4.79 Å². The molecule has 0 spiro atoms. The van der Waals surface area contributed by atoms with Gasteiger partial charge in [0.15, 0.2) is 0 Å². The molecule has 0 bridgehead atoms. The van der Waals surface area contributed by atoms with E-state index in [1.54, 1.807) is 35.7 Å². The summed E-state index contributed by atoms with van der Waals surface area (Å²) in [6, 6.07) is 17.8. The lowest BCUT2D eigenvalue weighted by Crippen LogP contribution is -2.15. The molecule has 28 heavy (non-hydrogen) atoms. The maximum absolute atomic E-state index is 12.6. The molecular formula is C21H13ClN2O3S. The van der Waals surface area contributed by atoms with E-state index in [9.17, 15) is 14.7 Å². The molecule has 0 saturated heterocycles. The second-order valence-corrected chi connectivity index (χ2v) is 7.32. The molecule has 0 aliphatic rings. The number of carbonyl (C=O) groups is 2. The Morgan fingerprint density at radius 2 is 1.75 bits per heavy atom. The molecule has 2 N–H and O–H groups in total. The molecule has 0 saturated carbocycles. The number of thiophene rings is 1. The Morgan fingerprint density at radius 3 is 2.50 bits per heavy atom. The maximum atomic E-state index is 12.6. The highest BCUT2D eigenvalue weighted by molar-refractivity contribution is 7.15. The van der Waals surface area contributed by atoms with E-state index in [2.05, 4.69) is 10.3 Å². The Kier molecular flexibility index (Phi) is 4.81. The van der Waals surface area contributed by atoms with Gasteiger partial charge in [0.2, 0.25) is 0 Å². The quantitative estimate of drug-likeness (QED) is 0.462. The predicted molar refractivity (Wildman–Crippen MR) is 111 cm³/mol. The first kappa shape index (κ1) is 18.2. The Bertz CT molecular complexity index is 1200. The third-order valence-electron chi connectivity index (χ3n) is 4.22. The molecule has 2 heterocycles. The number of halogens is 1. The minimum Gasteiger partial charge on any atom is -0.478 e. The highest BCUT2D eigenvalue weighted by Gasteiger charge is 2.22. The number of hydrogen-bond acceptors (Lipinski definition) is 4. The van der Waals surface area contributed by atoms with E-state index < -0.39 is 11.9 Å². The van der Waals surface area contributed by atoms with Crippen molar-refractivity contribution in [2.45, 2.75) is 0 Å². The number of aromatic carboxylic acids is 1. The lowest BCUT2D eigenvalue weighted by Gasteiger charge is -2.07. The molecule has 0 fully saturated rings. The van der Waals surface area contributed by atoms with Crippen LogP contribution in [-0.2, 0) is 0 Å². The van der Waals surface area contributed by atoms with Crippen LogP contribution in [0.4, 0.5) is 5.00 Å². The summed E-state index contributed by atoms with van der Waals surface area (Å²) in [5.41, 5.74) is 2.19. The molecule has 0 radical (unpaired) electrons. The number of fused-ring (bicyclic) bond motifs is 1. The van der Waals surface area contributed by atoms with E-state index in [0.29, 0.717) is 21.7 Å². The van der Waals surface area contributed by atoms with Gasteiger partial charge >= 0.3 is 5.97 Å². The fourth-order valence-corrected chi connectivity index (χ4v) is 3.95. The van der Waals surface area contributed by atoms with Gasteiger partial charge in [-0.15, -0.1) is 11.3 Å². The summed E-state index contributed by atoms with van der Waals surface area (Å²) in [4.78, 5) is 28.8. The third kappa shape index (κ3) is 3.47. The number of nitrogens with one attached hydrogen (secondary N) is 1. The molecule has 0 aliphatic carbocycles. The van der Waals surface area contributed by atoms with E-state index in [1.807, 2.05) is 30.3 Å². The summed E-state index contributed by atoms with van der Waals surface area (Å²) in [7, 11) is 0. The van der Waals surface area contributed by atoms with Crippen LogP contribution in [0.1, 0.15) is 20.8 Å². The van der Waals surface area contributed by atoms with E-state index >= 15 is 0 Å². The van der Waals surface area contributed by atoms with Gasteiger partial charge < -0.3 is 10.4 Å². The van der Waals surface area contributed by atoms with Crippen LogP contribution in [0.2, 0.25) is 5.02 Å². The van der Waals surface area contributed by atoms with Crippen LogP contribution >= 0.6 is 22.9 Å². The Balaban J connectivity index is 1.68. The Labute approximate surface area is 169 Å². The van der Waals surface area contributed by atoms with Crippen molar-refractivity contribution in [1.82, 2.24) is 4.98 Å². The topological polar surface area (TPSA) is 79.3 Å². The first-order valence-electron chi connectivity index (χ1n) is 8.31. The van der Waals surface area contributed by atoms with Gasteiger partial charge in [0, 0.05) is 21.4 Å². The van der Waals surface area contributed by atoms with Crippen molar-refractivity contribution in [2.24, 2.45) is 0 Å². The largest absolute Gasteiger partial charge is 0.478 e. The Hall–Kier alpha value is -3.22. The number of carbonyl (C=O) groups excluding carboxylic acids is 1. The fourth-order valence-electron chi connectivity index (χ4n) is 2.86. The summed E-state index contributed by atoms with van der Waals surface area (Å²) >= 11 is 7.06. The number of nitrogens with zero attached hydrogens (tertiary/aromatic N) is 1. The average Bonchev–Trinajstić information content (AvgIpc) is 3.12. The van der Waals surface area contributed by atoms with E-state index in [1.165, 1.54) is 0 Å². The van der Waals surface area contributed by atoms with Gasteiger partial charge in [-0.2, -0.15) is 0 Å². The molecular weight excluding hydrogens is 396 g/mol. The zero-order valence-corrected chi connectivity index (χ0v) is 15.9. The number of para-hydroxylation sites is 1. The van der Waals surface area contributed by atoms with Crippen LogP contribution in [0.25, 0.3) is 22.0 Å². The summed E-state index contributed by atoms with van der Waals surface area (Å²) in [5.74, 6) is -1.58. The zero-order chi connectivity index (χ0) is 19.7. The van der Waals surface area contributed by atoms with Crippen LogP contribution in [-0.4, -0.2) is 22.0 Å². The van der Waals surface area contributed by atoms with Crippen molar-refractivity contribution in [2.75, 3.05) is 5.32 Å². The first-order valence-corrected chi connectivity index (χ1v) is 9.56. The van der Waals surface area contributed by atoms with Gasteiger partial charge in [0.1, 0.15) is 16.3 Å². The molecule has 4 rings (SSSR count). The number of benzene rings is 2. The summed E-state index contributed by atoms with van der Waals surface area (Å²) < 4.78 is 0. The van der Waals surface area contributed by atoms with Crippen molar-refractivity contribution >= 4 is 50.7 Å². The second kappa shape index (κ2) is 7.42. The van der Waals surface area contributed by atoms with Gasteiger partial charge in [-0.05, 0) is 29.8 Å². The molecule has 5 nitrogen and oxygen atoms in total. The van der Waals surface area contributed by atoms with Crippen molar-refractivity contribution < 1.29 is 14.7 Å². The third-order valence-corrected chi connectivity index (χ3v) is 5.37. The number of carboxylic acids is 1. The Morgan fingerprint density at radius 1 is 1.00 bits per heavy atom. The maximum Gasteiger partial charge on any atom is 0.339 e. The predicted octanol–water partition coefficient (Wildman–Crippen LogP) is 5.57. The van der Waals surface area contributed by atoms with Crippen molar-refractivity contribution in [1.29, 1.82) is 0 Å². The number of carboxylic acid groups (broad SMARTS) is 1. The van der Waals surface area contributed by atoms with Crippen LogP contribution in [0.5, 0.6) is 0 Å². The first-order chi connectivity index (χ1) is 13.5. The van der Waals surface area contributed by atoms with Gasteiger partial charge in [0.05, 0.1) is 5.52 Å². The fraction of sp³-hybridized carbons (Fsp3) is 0. The van der Waals surface area contributed by atoms with E-state index in [-0.39, 0.29) is 16.3 Å². The summed E-state index contributed by atoms with van der Waals surface area (Å²) in [5, 5.41) is 15.8. The zero-order valence-electron chi connectivity index (χ0n) is 14.3. The molecule has 1 amide bonds. The molecule has 0 unspecified atom stereocenters. The van der Waals surface area contributed by atoms with Crippen LogP contribution in [0.15, 0.2) is 66.0 Å². The molecule has 138 valence electrons. The molecule has 0 aliphatic heterocycles. The number of hydrogen-bond donors (Lipinski definition) is 2. The minimum atomic E-state index is -1.12. The van der Waals surface area contributed by atoms with E-state index in [0.717, 1.165) is 16.7 Å². The van der Waals surface area contributed by atoms with Crippen LogP contribution < -0.4 is 5.32 Å². The molecule has 2 aromatic heterocycles. The summed E-state index contributed by atoms with van der Waals surface area (Å²) in [6.07, 6.45) is 0. The highest BCUT2D eigenvalue weighted by atomic mass is 35.5. The van der Waals surface area contributed by atoms with Crippen molar-refractivity contribution in [3.63, 3.8) is 0 Å². The summed E-state index contributed by atoms with van der Waals surface area (Å²) in [6.45, 7) is 0. The number of rotatable bonds is 4. The van der Waals surface area contributed by atoms with Gasteiger partial charge in [0.25, 0.3) is 5.91 Å². The van der Waals surface area contributed by atoms with Gasteiger partial charge in [-0.25, -0.2) is 9.78 Å². The molecule has 4 aromatic rings. The molecule has 2 aromatic carbocycles. The van der Waals surface area contributed by atoms with E-state index in [4.69, 9.17) is 11.6 Å². The van der Waals surface area contributed by atoms with Crippen LogP contribution in [0.3, 0.4) is 0 Å². The standard InChI is InChI=1S/C21H13ClN2O3S/c22-14-8-5-12(6-9-14)15-11-28-20(18(15)21(26)27)24-19(25)17-10-7-13-3-1-2-4-16(13)23-17/h1-11H,(H,24,25)(H,26,27). The average molecular weight is 409 g/mol. The minimum absolute atomic E-state index is 0.0430. The number of aromatic nitrogens is 1. The van der Waals surface area contributed by atoms with Gasteiger partial charge in [-0.1, -0.05) is 48.0 Å². The SMILES string of the molecule is O=C(Nc1scc(-c2ccc(Cl)cc2)c1C(=O)O)c1ccc2ccccc2n1. The molecule has 7 heteroatoms. The van der Waals surface area contributed by atoms with Crippen LogP contribution in [0, 0.1) is 0 Å². The lowest BCUT2D eigenvalue weighted by atomic mass is 10.0. The second-order valence-electron chi connectivity index (χ2n) is 6.01.